The van der Waals surface area contributed by atoms with Crippen molar-refractivity contribution in [2.75, 3.05) is 26.2 Å². The van der Waals surface area contributed by atoms with E-state index in [9.17, 15) is 4.79 Å². The van der Waals surface area contributed by atoms with Gasteiger partial charge in [-0.3, -0.25) is 9.69 Å². The summed E-state index contributed by atoms with van der Waals surface area (Å²) in [5.74, 6) is -0.435. The molecule has 0 bridgehead atoms. The molecule has 0 aromatic carbocycles. The third-order valence-electron chi connectivity index (χ3n) is 1.99. The maximum absolute atomic E-state index is 10.8. The Kier molecular flexibility index (Phi) is 3.65. The molecule has 3 N–H and O–H groups in total. The minimum Gasteiger partial charge on any atom is -0.392 e. The summed E-state index contributed by atoms with van der Waals surface area (Å²) in [7, 11) is 0. The maximum atomic E-state index is 10.8. The minimum absolute atomic E-state index is 0.383. The summed E-state index contributed by atoms with van der Waals surface area (Å²) in [6, 6.07) is 0. The molecular formula is C8H16N2O3. The van der Waals surface area contributed by atoms with E-state index in [0.29, 0.717) is 19.7 Å². The van der Waals surface area contributed by atoms with Crippen LogP contribution in [0.4, 0.5) is 0 Å². The molecule has 1 rings (SSSR count). The van der Waals surface area contributed by atoms with E-state index in [1.165, 1.54) is 0 Å². The van der Waals surface area contributed by atoms with Gasteiger partial charge in [0, 0.05) is 19.6 Å². The van der Waals surface area contributed by atoms with Crippen LogP contribution in [-0.2, 0) is 9.53 Å². The second-order valence-electron chi connectivity index (χ2n) is 3.37. The molecule has 1 aliphatic rings. The quantitative estimate of drug-likeness (QED) is 0.568. The van der Waals surface area contributed by atoms with Crippen molar-refractivity contribution in [2.24, 2.45) is 5.73 Å². The molecule has 2 atom stereocenters. The lowest BCUT2D eigenvalue weighted by molar-refractivity contribution is -0.135. The molecule has 1 saturated heterocycles. The fourth-order valence-corrected chi connectivity index (χ4v) is 1.41. The molecule has 76 valence electrons. The largest absolute Gasteiger partial charge is 0.392 e. The first-order chi connectivity index (χ1) is 6.09. The highest BCUT2D eigenvalue weighted by molar-refractivity contribution is 5.79. The fourth-order valence-electron chi connectivity index (χ4n) is 1.41. The van der Waals surface area contributed by atoms with E-state index >= 15 is 0 Å². The molecule has 0 aliphatic carbocycles. The van der Waals surface area contributed by atoms with Crippen molar-refractivity contribution in [3.63, 3.8) is 0 Å². The molecule has 0 spiro atoms. The highest BCUT2D eigenvalue weighted by Crippen LogP contribution is 2.05. The summed E-state index contributed by atoms with van der Waals surface area (Å²) in [5.41, 5.74) is 5.11. The van der Waals surface area contributed by atoms with Gasteiger partial charge in [-0.05, 0) is 6.92 Å². The second-order valence-corrected chi connectivity index (χ2v) is 3.37. The number of hydrogen-bond donors (Lipinski definition) is 2. The van der Waals surface area contributed by atoms with E-state index in [0.717, 1.165) is 6.54 Å². The first-order valence-corrected chi connectivity index (χ1v) is 4.41. The van der Waals surface area contributed by atoms with Crippen LogP contribution in [-0.4, -0.2) is 54.4 Å². The van der Waals surface area contributed by atoms with E-state index in [1.807, 2.05) is 4.90 Å². The number of β-amino-alcohol motifs (C(OH)–C–C–N with tert-alkyl or cyclic N) is 1. The second kappa shape index (κ2) is 4.55. The van der Waals surface area contributed by atoms with Gasteiger partial charge >= 0.3 is 0 Å². The number of nitrogens with two attached hydrogens (primary N) is 1. The van der Waals surface area contributed by atoms with Crippen LogP contribution in [0.3, 0.4) is 0 Å². The average molecular weight is 188 g/mol. The van der Waals surface area contributed by atoms with Crippen LogP contribution in [0.5, 0.6) is 0 Å². The molecule has 5 heteroatoms. The molecule has 5 nitrogen and oxygen atoms in total. The highest BCUT2D eigenvalue weighted by atomic mass is 16.5. The molecule has 1 aliphatic heterocycles. The van der Waals surface area contributed by atoms with Gasteiger partial charge in [0.05, 0.1) is 12.7 Å². The molecule has 1 fully saturated rings. The van der Waals surface area contributed by atoms with Crippen molar-refractivity contribution in [3.8, 4) is 0 Å². The van der Waals surface area contributed by atoms with Gasteiger partial charge in [-0.2, -0.15) is 0 Å². The number of aliphatic hydroxyl groups is 1. The molecule has 0 aromatic rings. The lowest BCUT2D eigenvalue weighted by atomic mass is 10.2. The predicted octanol–water partition coefficient (Wildman–Crippen LogP) is -1.45. The Morgan fingerprint density at radius 2 is 2.54 bits per heavy atom. The maximum Gasteiger partial charge on any atom is 0.247 e. The monoisotopic (exact) mass is 188 g/mol. The third kappa shape index (κ3) is 3.30. The number of aliphatic hydroxyl groups excluding tert-OH is 1. The van der Waals surface area contributed by atoms with Crippen molar-refractivity contribution in [1.82, 2.24) is 4.90 Å². The molecule has 1 heterocycles. The number of primary amides is 1. The third-order valence-corrected chi connectivity index (χ3v) is 1.99. The van der Waals surface area contributed by atoms with Gasteiger partial charge in [-0.25, -0.2) is 0 Å². The van der Waals surface area contributed by atoms with Crippen LogP contribution in [0.1, 0.15) is 6.92 Å². The first-order valence-electron chi connectivity index (χ1n) is 4.41. The molecule has 0 aromatic heterocycles. The van der Waals surface area contributed by atoms with Gasteiger partial charge in [0.25, 0.3) is 0 Å². The number of amides is 1. The molecule has 1 amide bonds. The SMILES string of the molecule is CC(O)CN1CCOC(C(N)=O)C1. The summed E-state index contributed by atoms with van der Waals surface area (Å²) in [6.07, 6.45) is -0.904. The Bertz CT molecular complexity index is 184. The van der Waals surface area contributed by atoms with Gasteiger partial charge < -0.3 is 15.6 Å². The molecule has 2 unspecified atom stereocenters. The number of hydrogen-bond acceptors (Lipinski definition) is 4. The van der Waals surface area contributed by atoms with Crippen molar-refractivity contribution in [2.45, 2.75) is 19.1 Å². The Hall–Kier alpha value is -0.650. The van der Waals surface area contributed by atoms with Crippen molar-refractivity contribution in [1.29, 1.82) is 0 Å². The molecule has 13 heavy (non-hydrogen) atoms. The van der Waals surface area contributed by atoms with Gasteiger partial charge in [0.1, 0.15) is 6.10 Å². The van der Waals surface area contributed by atoms with E-state index in [2.05, 4.69) is 0 Å². The molecular weight excluding hydrogens is 172 g/mol. The number of nitrogens with zero attached hydrogens (tertiary/aromatic N) is 1. The fraction of sp³-hybridized carbons (Fsp3) is 0.875. The van der Waals surface area contributed by atoms with E-state index in [4.69, 9.17) is 15.6 Å². The number of carbonyl (C=O) groups is 1. The summed E-state index contributed by atoms with van der Waals surface area (Å²) >= 11 is 0. The Morgan fingerprint density at radius 1 is 1.85 bits per heavy atom. The van der Waals surface area contributed by atoms with Crippen LogP contribution < -0.4 is 5.73 Å². The zero-order chi connectivity index (χ0) is 9.84. The van der Waals surface area contributed by atoms with Crippen molar-refractivity contribution >= 4 is 5.91 Å². The van der Waals surface area contributed by atoms with E-state index < -0.39 is 12.0 Å². The number of rotatable bonds is 3. The summed E-state index contributed by atoms with van der Waals surface area (Å²) in [4.78, 5) is 12.8. The molecule has 0 radical (unpaired) electrons. The first kappa shape index (κ1) is 10.4. The van der Waals surface area contributed by atoms with E-state index in [-0.39, 0.29) is 6.10 Å². The Morgan fingerprint density at radius 3 is 3.08 bits per heavy atom. The van der Waals surface area contributed by atoms with Gasteiger partial charge in [0.2, 0.25) is 5.91 Å². The van der Waals surface area contributed by atoms with Crippen molar-refractivity contribution in [3.05, 3.63) is 0 Å². The van der Waals surface area contributed by atoms with Gasteiger partial charge in [0.15, 0.2) is 0 Å². The zero-order valence-electron chi connectivity index (χ0n) is 7.77. The number of carbonyl (C=O) groups excluding carboxylic acids is 1. The van der Waals surface area contributed by atoms with Crippen LogP contribution >= 0.6 is 0 Å². The number of morpholine rings is 1. The topological polar surface area (TPSA) is 75.8 Å². The predicted molar refractivity (Wildman–Crippen MR) is 47.1 cm³/mol. The zero-order valence-corrected chi connectivity index (χ0v) is 7.77. The van der Waals surface area contributed by atoms with Crippen LogP contribution in [0.2, 0.25) is 0 Å². The van der Waals surface area contributed by atoms with Crippen LogP contribution in [0, 0.1) is 0 Å². The lowest BCUT2D eigenvalue weighted by Crippen LogP contribution is -2.49. The molecule has 0 saturated carbocycles. The van der Waals surface area contributed by atoms with Gasteiger partial charge in [-0.1, -0.05) is 0 Å². The van der Waals surface area contributed by atoms with Crippen molar-refractivity contribution < 1.29 is 14.6 Å². The Balaban J connectivity index is 2.37. The van der Waals surface area contributed by atoms with Gasteiger partial charge in [-0.15, -0.1) is 0 Å². The minimum atomic E-state index is -0.521. The van der Waals surface area contributed by atoms with Crippen LogP contribution in [0.15, 0.2) is 0 Å². The number of ether oxygens (including phenoxy) is 1. The lowest BCUT2D eigenvalue weighted by Gasteiger charge is -2.31. The Labute approximate surface area is 77.5 Å². The summed E-state index contributed by atoms with van der Waals surface area (Å²) in [6.45, 7) is 4.01. The standard InChI is InChI=1S/C8H16N2O3/c1-6(11)4-10-2-3-13-7(5-10)8(9)12/h6-7,11H,2-5H2,1H3,(H2,9,12). The normalized spacial score (nSPS) is 27.1. The smallest absolute Gasteiger partial charge is 0.247 e. The average Bonchev–Trinajstić information content (AvgIpc) is 2.03. The highest BCUT2D eigenvalue weighted by Gasteiger charge is 2.24. The summed E-state index contributed by atoms with van der Waals surface area (Å²) in [5, 5.41) is 9.13. The summed E-state index contributed by atoms with van der Waals surface area (Å²) < 4.78 is 5.15. The van der Waals surface area contributed by atoms with Crippen LogP contribution in [0.25, 0.3) is 0 Å². The van der Waals surface area contributed by atoms with E-state index in [1.54, 1.807) is 6.92 Å².